The summed E-state index contributed by atoms with van der Waals surface area (Å²) in [6, 6.07) is 8.17. The van der Waals surface area contributed by atoms with Gasteiger partial charge in [0.1, 0.15) is 6.33 Å². The molecule has 2 N–H and O–H groups in total. The molecule has 18 heavy (non-hydrogen) atoms. The minimum atomic E-state index is -0.355. The fourth-order valence-electron chi connectivity index (χ4n) is 2.47. The smallest absolute Gasteiger partial charge is 0.115 e. The summed E-state index contributed by atoms with van der Waals surface area (Å²) in [7, 11) is 0. The van der Waals surface area contributed by atoms with Crippen molar-refractivity contribution in [2.24, 2.45) is 0 Å². The minimum absolute atomic E-state index is 0.00130. The molecule has 1 aliphatic carbocycles. The van der Waals surface area contributed by atoms with E-state index in [9.17, 15) is 5.11 Å². The van der Waals surface area contributed by atoms with Crippen molar-refractivity contribution in [3.8, 4) is 0 Å². The predicted octanol–water partition coefficient (Wildman–Crippen LogP) is 1.22. The summed E-state index contributed by atoms with van der Waals surface area (Å²) in [6.45, 7) is 0.664. The van der Waals surface area contributed by atoms with Gasteiger partial charge in [-0.1, -0.05) is 24.3 Å². The van der Waals surface area contributed by atoms with Crippen LogP contribution in [0.15, 0.2) is 43.0 Å². The SMILES string of the molecule is O[C@H]1Cc2ccccc2[C@@H]1NCc1cncnc1. The molecule has 1 aromatic carbocycles. The van der Waals surface area contributed by atoms with Crippen LogP contribution >= 0.6 is 0 Å². The lowest BCUT2D eigenvalue weighted by Gasteiger charge is -2.17. The van der Waals surface area contributed by atoms with E-state index in [-0.39, 0.29) is 12.1 Å². The zero-order valence-corrected chi connectivity index (χ0v) is 9.95. The Labute approximate surface area is 106 Å². The Morgan fingerprint density at radius 3 is 2.83 bits per heavy atom. The Kier molecular flexibility index (Phi) is 3.04. The molecular weight excluding hydrogens is 226 g/mol. The quantitative estimate of drug-likeness (QED) is 0.848. The highest BCUT2D eigenvalue weighted by Gasteiger charge is 2.29. The van der Waals surface area contributed by atoms with Gasteiger partial charge in [-0.05, 0) is 11.1 Å². The van der Waals surface area contributed by atoms with Crippen molar-refractivity contribution in [1.82, 2.24) is 15.3 Å². The molecule has 3 rings (SSSR count). The van der Waals surface area contributed by atoms with Gasteiger partial charge in [-0.25, -0.2) is 9.97 Å². The zero-order chi connectivity index (χ0) is 12.4. The Balaban J connectivity index is 1.74. The third-order valence-corrected chi connectivity index (χ3v) is 3.34. The number of benzene rings is 1. The van der Waals surface area contributed by atoms with Crippen molar-refractivity contribution in [2.75, 3.05) is 0 Å². The number of aliphatic hydroxyl groups excluding tert-OH is 1. The number of rotatable bonds is 3. The zero-order valence-electron chi connectivity index (χ0n) is 9.95. The molecule has 0 amide bonds. The first-order valence-electron chi connectivity index (χ1n) is 6.08. The number of aromatic nitrogens is 2. The van der Waals surface area contributed by atoms with E-state index in [0.717, 1.165) is 12.0 Å². The van der Waals surface area contributed by atoms with Gasteiger partial charge < -0.3 is 10.4 Å². The topological polar surface area (TPSA) is 58.0 Å². The van der Waals surface area contributed by atoms with Gasteiger partial charge in [-0.15, -0.1) is 0 Å². The molecule has 0 spiro atoms. The summed E-state index contributed by atoms with van der Waals surface area (Å²) in [6.07, 6.45) is 5.45. The van der Waals surface area contributed by atoms with E-state index in [0.29, 0.717) is 6.54 Å². The van der Waals surface area contributed by atoms with Crippen molar-refractivity contribution in [2.45, 2.75) is 25.1 Å². The molecule has 0 saturated carbocycles. The predicted molar refractivity (Wildman–Crippen MR) is 67.8 cm³/mol. The number of aliphatic hydroxyl groups is 1. The van der Waals surface area contributed by atoms with Crippen LogP contribution in [0.4, 0.5) is 0 Å². The summed E-state index contributed by atoms with van der Waals surface area (Å²) >= 11 is 0. The van der Waals surface area contributed by atoms with Gasteiger partial charge in [0.15, 0.2) is 0 Å². The van der Waals surface area contributed by atoms with Crippen molar-refractivity contribution >= 4 is 0 Å². The third kappa shape index (κ3) is 2.12. The molecule has 0 unspecified atom stereocenters. The van der Waals surface area contributed by atoms with Crippen LogP contribution in [0.2, 0.25) is 0 Å². The third-order valence-electron chi connectivity index (χ3n) is 3.34. The van der Waals surface area contributed by atoms with E-state index in [1.165, 1.54) is 17.5 Å². The van der Waals surface area contributed by atoms with Crippen molar-refractivity contribution in [3.63, 3.8) is 0 Å². The second kappa shape index (κ2) is 4.84. The summed E-state index contributed by atoms with van der Waals surface area (Å²) < 4.78 is 0. The molecule has 2 atom stereocenters. The highest BCUT2D eigenvalue weighted by atomic mass is 16.3. The van der Waals surface area contributed by atoms with Crippen LogP contribution in [-0.2, 0) is 13.0 Å². The Morgan fingerprint density at radius 2 is 2.00 bits per heavy atom. The first-order valence-corrected chi connectivity index (χ1v) is 6.08. The number of fused-ring (bicyclic) bond motifs is 1. The first kappa shape index (κ1) is 11.3. The molecule has 1 heterocycles. The summed E-state index contributed by atoms with van der Waals surface area (Å²) in [5.74, 6) is 0. The Hall–Kier alpha value is -1.78. The lowest BCUT2D eigenvalue weighted by Crippen LogP contribution is -2.28. The summed E-state index contributed by atoms with van der Waals surface area (Å²) in [5, 5.41) is 13.5. The molecule has 0 aliphatic heterocycles. The van der Waals surface area contributed by atoms with Crippen LogP contribution in [0, 0.1) is 0 Å². The second-order valence-electron chi connectivity index (χ2n) is 4.58. The van der Waals surface area contributed by atoms with Crippen molar-refractivity contribution in [3.05, 3.63) is 59.7 Å². The molecular formula is C14H15N3O. The van der Waals surface area contributed by atoms with Crippen LogP contribution in [-0.4, -0.2) is 21.2 Å². The molecule has 4 nitrogen and oxygen atoms in total. The van der Waals surface area contributed by atoms with E-state index < -0.39 is 0 Å². The highest BCUT2D eigenvalue weighted by molar-refractivity contribution is 5.36. The maximum atomic E-state index is 10.1. The maximum absolute atomic E-state index is 10.1. The number of hydrogen-bond acceptors (Lipinski definition) is 4. The van der Waals surface area contributed by atoms with Crippen LogP contribution in [0.5, 0.6) is 0 Å². The molecule has 92 valence electrons. The van der Waals surface area contributed by atoms with Gasteiger partial charge in [-0.3, -0.25) is 0 Å². The standard InChI is InChI=1S/C14H15N3O/c18-13-5-11-3-1-2-4-12(11)14(13)17-8-10-6-15-9-16-7-10/h1-4,6-7,9,13-14,17-18H,5,8H2/t13-,14-/m0/s1. The second-order valence-corrected chi connectivity index (χ2v) is 4.58. The normalized spacial score (nSPS) is 21.8. The number of nitrogens with zero attached hydrogens (tertiary/aromatic N) is 2. The fourth-order valence-corrected chi connectivity index (χ4v) is 2.47. The van der Waals surface area contributed by atoms with Gasteiger partial charge in [0.2, 0.25) is 0 Å². The van der Waals surface area contributed by atoms with Gasteiger partial charge >= 0.3 is 0 Å². The lowest BCUT2D eigenvalue weighted by atomic mass is 10.1. The largest absolute Gasteiger partial charge is 0.391 e. The molecule has 0 fully saturated rings. The van der Waals surface area contributed by atoms with Crippen LogP contribution in [0.3, 0.4) is 0 Å². The van der Waals surface area contributed by atoms with Gasteiger partial charge in [0.05, 0.1) is 12.1 Å². The van der Waals surface area contributed by atoms with Crippen LogP contribution in [0.25, 0.3) is 0 Å². The lowest BCUT2D eigenvalue weighted by molar-refractivity contribution is 0.140. The van der Waals surface area contributed by atoms with E-state index in [4.69, 9.17) is 0 Å². The molecule has 0 radical (unpaired) electrons. The molecule has 2 aromatic rings. The first-order chi connectivity index (χ1) is 8.84. The minimum Gasteiger partial charge on any atom is -0.391 e. The molecule has 4 heteroatoms. The average molecular weight is 241 g/mol. The highest BCUT2D eigenvalue weighted by Crippen LogP contribution is 2.31. The molecule has 1 aromatic heterocycles. The van der Waals surface area contributed by atoms with Gasteiger partial charge in [0, 0.05) is 30.9 Å². The number of hydrogen-bond donors (Lipinski definition) is 2. The fraction of sp³-hybridized carbons (Fsp3) is 0.286. The van der Waals surface area contributed by atoms with Gasteiger partial charge in [0.25, 0.3) is 0 Å². The van der Waals surface area contributed by atoms with Crippen LogP contribution in [0.1, 0.15) is 22.7 Å². The Bertz CT molecular complexity index is 530. The maximum Gasteiger partial charge on any atom is 0.115 e. The van der Waals surface area contributed by atoms with E-state index >= 15 is 0 Å². The van der Waals surface area contributed by atoms with E-state index in [1.54, 1.807) is 12.4 Å². The average Bonchev–Trinajstić information content (AvgIpc) is 2.73. The van der Waals surface area contributed by atoms with Crippen LogP contribution < -0.4 is 5.32 Å². The monoisotopic (exact) mass is 241 g/mol. The Morgan fingerprint density at radius 1 is 1.22 bits per heavy atom. The summed E-state index contributed by atoms with van der Waals surface area (Å²) in [5.41, 5.74) is 3.45. The number of nitrogens with one attached hydrogen (secondary N) is 1. The van der Waals surface area contributed by atoms with E-state index in [2.05, 4.69) is 27.4 Å². The van der Waals surface area contributed by atoms with E-state index in [1.807, 2.05) is 12.1 Å². The van der Waals surface area contributed by atoms with Crippen molar-refractivity contribution < 1.29 is 5.11 Å². The van der Waals surface area contributed by atoms with Crippen molar-refractivity contribution in [1.29, 1.82) is 0 Å². The van der Waals surface area contributed by atoms with Gasteiger partial charge in [-0.2, -0.15) is 0 Å². The molecule has 0 saturated heterocycles. The molecule has 0 bridgehead atoms. The molecule has 1 aliphatic rings. The summed E-state index contributed by atoms with van der Waals surface area (Å²) in [4.78, 5) is 7.96.